The molecule has 2 fully saturated rings. The summed E-state index contributed by atoms with van der Waals surface area (Å²) in [7, 11) is 1.76. The largest absolute Gasteiger partial charge is 0.381 e. The first-order chi connectivity index (χ1) is 8.79. The van der Waals surface area contributed by atoms with Gasteiger partial charge in [0.25, 0.3) is 0 Å². The van der Waals surface area contributed by atoms with Gasteiger partial charge in [0.05, 0.1) is 6.10 Å². The number of rotatable bonds is 4. The summed E-state index contributed by atoms with van der Waals surface area (Å²) in [5, 5.41) is 3.37. The molecule has 2 saturated heterocycles. The van der Waals surface area contributed by atoms with Crippen LogP contribution in [0.25, 0.3) is 0 Å². The Balaban J connectivity index is 0.00000180. The number of nitrogens with one attached hydrogen (secondary N) is 1. The van der Waals surface area contributed by atoms with Gasteiger partial charge >= 0.3 is 0 Å². The molecular weight excluding hydrogens is 264 g/mol. The smallest absolute Gasteiger partial charge is 0.222 e. The summed E-state index contributed by atoms with van der Waals surface area (Å²) in [6, 6.07) is 0. The van der Waals surface area contributed by atoms with Gasteiger partial charge in [0.2, 0.25) is 5.91 Å². The summed E-state index contributed by atoms with van der Waals surface area (Å²) in [4.78, 5) is 14.1. The summed E-state index contributed by atoms with van der Waals surface area (Å²) >= 11 is 0. The lowest BCUT2D eigenvalue weighted by atomic mass is 9.93. The molecule has 0 aromatic rings. The van der Waals surface area contributed by atoms with E-state index in [-0.39, 0.29) is 12.4 Å². The maximum Gasteiger partial charge on any atom is 0.222 e. The molecule has 0 aromatic heterocycles. The van der Waals surface area contributed by atoms with E-state index in [0.717, 1.165) is 57.8 Å². The summed E-state index contributed by atoms with van der Waals surface area (Å²) in [6.07, 6.45) is 6.63. The first-order valence-corrected chi connectivity index (χ1v) is 7.31. The first-order valence-electron chi connectivity index (χ1n) is 7.31. The monoisotopic (exact) mass is 290 g/mol. The Hall–Kier alpha value is -0.320. The topological polar surface area (TPSA) is 41.6 Å². The van der Waals surface area contributed by atoms with Gasteiger partial charge in [-0.15, -0.1) is 12.4 Å². The van der Waals surface area contributed by atoms with Crippen LogP contribution < -0.4 is 5.32 Å². The highest BCUT2D eigenvalue weighted by atomic mass is 35.5. The number of nitrogens with zero attached hydrogens (tertiary/aromatic N) is 1. The van der Waals surface area contributed by atoms with Crippen LogP contribution in [0.1, 0.15) is 38.5 Å². The summed E-state index contributed by atoms with van der Waals surface area (Å²) in [5.74, 6) is 1.11. The number of hydrogen-bond donors (Lipinski definition) is 1. The van der Waals surface area contributed by atoms with Gasteiger partial charge in [-0.3, -0.25) is 4.79 Å². The lowest BCUT2D eigenvalue weighted by Crippen LogP contribution is -2.40. The molecule has 2 aliphatic rings. The Morgan fingerprint density at radius 1 is 1.21 bits per heavy atom. The summed E-state index contributed by atoms with van der Waals surface area (Å²) < 4.78 is 5.33. The normalized spacial score (nSPS) is 22.1. The van der Waals surface area contributed by atoms with Crippen LogP contribution in [0.4, 0.5) is 0 Å². The third kappa shape index (κ3) is 5.28. The summed E-state index contributed by atoms with van der Waals surface area (Å²) in [6.45, 7) is 4.00. The van der Waals surface area contributed by atoms with Crippen molar-refractivity contribution >= 4 is 18.3 Å². The zero-order valence-corrected chi connectivity index (χ0v) is 12.7. The first kappa shape index (κ1) is 16.7. The Bertz CT molecular complexity index is 262. The van der Waals surface area contributed by atoms with Crippen LogP contribution >= 0.6 is 12.4 Å². The Labute approximate surface area is 122 Å². The van der Waals surface area contributed by atoms with Crippen molar-refractivity contribution in [3.05, 3.63) is 0 Å². The van der Waals surface area contributed by atoms with Crippen molar-refractivity contribution < 1.29 is 9.53 Å². The van der Waals surface area contributed by atoms with E-state index in [1.807, 2.05) is 4.90 Å². The number of ether oxygens (including phenoxy) is 1. The van der Waals surface area contributed by atoms with E-state index < -0.39 is 0 Å². The minimum absolute atomic E-state index is 0. The van der Waals surface area contributed by atoms with Gasteiger partial charge in [-0.2, -0.15) is 0 Å². The van der Waals surface area contributed by atoms with E-state index in [4.69, 9.17) is 4.74 Å². The lowest BCUT2D eigenvalue weighted by Gasteiger charge is -2.32. The van der Waals surface area contributed by atoms with E-state index in [9.17, 15) is 4.79 Å². The highest BCUT2D eigenvalue weighted by Crippen LogP contribution is 2.20. The molecule has 0 spiro atoms. The van der Waals surface area contributed by atoms with Crippen LogP contribution in [0, 0.1) is 5.92 Å². The molecular formula is C14H27ClN2O2. The quantitative estimate of drug-likeness (QED) is 0.859. The van der Waals surface area contributed by atoms with Crippen molar-refractivity contribution in [2.45, 2.75) is 44.6 Å². The number of hydrogen-bond acceptors (Lipinski definition) is 3. The van der Waals surface area contributed by atoms with Gasteiger partial charge in [0.1, 0.15) is 0 Å². The third-order valence-corrected chi connectivity index (χ3v) is 4.35. The molecule has 0 aromatic carbocycles. The van der Waals surface area contributed by atoms with E-state index >= 15 is 0 Å². The highest BCUT2D eigenvalue weighted by molar-refractivity contribution is 5.85. The predicted molar refractivity (Wildman–Crippen MR) is 78.7 cm³/mol. The van der Waals surface area contributed by atoms with E-state index in [1.54, 1.807) is 7.11 Å². The van der Waals surface area contributed by atoms with Gasteiger partial charge in [-0.05, 0) is 51.1 Å². The Kier molecular flexibility index (Phi) is 7.73. The van der Waals surface area contributed by atoms with Crippen LogP contribution in [0.15, 0.2) is 0 Å². The number of halogens is 1. The number of likely N-dealkylation sites (tertiary alicyclic amines) is 1. The molecule has 2 heterocycles. The van der Waals surface area contributed by atoms with Crippen molar-refractivity contribution in [3.63, 3.8) is 0 Å². The van der Waals surface area contributed by atoms with Crippen LogP contribution in [-0.4, -0.2) is 50.2 Å². The molecule has 0 unspecified atom stereocenters. The molecule has 2 aliphatic heterocycles. The molecule has 5 heteroatoms. The molecule has 0 atom stereocenters. The van der Waals surface area contributed by atoms with E-state index in [2.05, 4.69) is 5.32 Å². The molecule has 0 saturated carbocycles. The standard InChI is InChI=1S/C14H26N2O2.ClH/c1-18-13-6-10-16(11-7-13)14(17)3-2-12-4-8-15-9-5-12;/h12-13,15H,2-11H2,1H3;1H. The van der Waals surface area contributed by atoms with Crippen molar-refractivity contribution in [3.8, 4) is 0 Å². The van der Waals surface area contributed by atoms with Gasteiger partial charge in [-0.25, -0.2) is 0 Å². The fraction of sp³-hybridized carbons (Fsp3) is 0.929. The second-order valence-corrected chi connectivity index (χ2v) is 5.55. The second-order valence-electron chi connectivity index (χ2n) is 5.55. The second kappa shape index (κ2) is 8.77. The minimum Gasteiger partial charge on any atom is -0.381 e. The van der Waals surface area contributed by atoms with Crippen LogP contribution in [0.3, 0.4) is 0 Å². The van der Waals surface area contributed by atoms with Gasteiger partial charge in [0, 0.05) is 26.6 Å². The van der Waals surface area contributed by atoms with Gasteiger partial charge in [0.15, 0.2) is 0 Å². The van der Waals surface area contributed by atoms with E-state index in [0.29, 0.717) is 12.0 Å². The molecule has 0 bridgehead atoms. The van der Waals surface area contributed by atoms with Crippen LogP contribution in [0.2, 0.25) is 0 Å². The third-order valence-electron chi connectivity index (χ3n) is 4.35. The molecule has 0 radical (unpaired) electrons. The maximum atomic E-state index is 12.1. The fourth-order valence-electron chi connectivity index (χ4n) is 3.00. The van der Waals surface area contributed by atoms with Crippen molar-refractivity contribution in [1.82, 2.24) is 10.2 Å². The minimum atomic E-state index is 0. The van der Waals surface area contributed by atoms with E-state index in [1.165, 1.54) is 12.8 Å². The van der Waals surface area contributed by atoms with Gasteiger partial charge in [-0.1, -0.05) is 0 Å². The molecule has 1 amide bonds. The average Bonchev–Trinajstić information content (AvgIpc) is 2.46. The molecule has 1 N–H and O–H groups in total. The summed E-state index contributed by atoms with van der Waals surface area (Å²) in [5.41, 5.74) is 0. The predicted octanol–water partition coefficient (Wildman–Crippen LogP) is 1.83. The number of carbonyl (C=O) groups excluding carboxylic acids is 1. The molecule has 112 valence electrons. The van der Waals surface area contributed by atoms with Crippen LogP contribution in [0.5, 0.6) is 0 Å². The molecule has 2 rings (SSSR count). The van der Waals surface area contributed by atoms with Crippen molar-refractivity contribution in [2.24, 2.45) is 5.92 Å². The zero-order chi connectivity index (χ0) is 12.8. The molecule has 19 heavy (non-hydrogen) atoms. The van der Waals surface area contributed by atoms with Crippen molar-refractivity contribution in [2.75, 3.05) is 33.3 Å². The number of carbonyl (C=O) groups is 1. The molecule has 4 nitrogen and oxygen atoms in total. The lowest BCUT2D eigenvalue weighted by molar-refractivity contribution is -0.133. The Morgan fingerprint density at radius 2 is 1.84 bits per heavy atom. The maximum absolute atomic E-state index is 12.1. The number of methoxy groups -OCH3 is 1. The molecule has 0 aliphatic carbocycles. The number of amides is 1. The zero-order valence-electron chi connectivity index (χ0n) is 11.9. The fourth-order valence-corrected chi connectivity index (χ4v) is 3.00. The number of piperidine rings is 2. The SMILES string of the molecule is COC1CCN(C(=O)CCC2CCNCC2)CC1.Cl. The van der Waals surface area contributed by atoms with Gasteiger partial charge < -0.3 is 15.0 Å². The highest BCUT2D eigenvalue weighted by Gasteiger charge is 2.23. The van der Waals surface area contributed by atoms with Crippen LogP contribution in [-0.2, 0) is 9.53 Å². The Morgan fingerprint density at radius 3 is 2.42 bits per heavy atom. The average molecular weight is 291 g/mol. The van der Waals surface area contributed by atoms with Crippen molar-refractivity contribution in [1.29, 1.82) is 0 Å².